The van der Waals surface area contributed by atoms with Crippen molar-refractivity contribution < 1.29 is 0 Å². The SMILES string of the molecule is N=C1C=CC=C/C1=N/Nc1ccc(N(c2ccc(-c3ccccc3)cc2)c2ccc(-c3ccc(N(c4ccc(-c5ccccc5)cc4)c4ccc(-n5nc6ccccc6n5)cc4)cc3)cc2)cc1. The normalized spacial score (nSPS) is 12.6. The van der Waals surface area contributed by atoms with Gasteiger partial charge in [-0.05, 0) is 155 Å². The summed E-state index contributed by atoms with van der Waals surface area (Å²) in [6, 6.07) is 80.4. The number of aromatic nitrogens is 3. The molecule has 0 unspecified atom stereocenters. The first-order chi connectivity index (χ1) is 33.6. The molecular weight excluding hydrogens is 833 g/mol. The highest BCUT2D eigenvalue weighted by atomic mass is 15.5. The summed E-state index contributed by atoms with van der Waals surface area (Å²) in [7, 11) is 0. The van der Waals surface area contributed by atoms with Crippen LogP contribution in [0.25, 0.3) is 50.1 Å². The molecule has 1 heterocycles. The predicted octanol–water partition coefficient (Wildman–Crippen LogP) is 15.3. The zero-order valence-electron chi connectivity index (χ0n) is 36.9. The van der Waals surface area contributed by atoms with Crippen LogP contribution in [-0.4, -0.2) is 26.4 Å². The van der Waals surface area contributed by atoms with Crippen LogP contribution in [0.5, 0.6) is 0 Å². The van der Waals surface area contributed by atoms with E-state index in [0.717, 1.165) is 78.8 Å². The molecule has 0 amide bonds. The summed E-state index contributed by atoms with van der Waals surface area (Å²) in [6.45, 7) is 0. The van der Waals surface area contributed by atoms with Gasteiger partial charge in [0.05, 0.1) is 17.1 Å². The minimum atomic E-state index is 0.369. The first kappa shape index (κ1) is 41.3. The first-order valence-corrected chi connectivity index (χ1v) is 22.5. The van der Waals surface area contributed by atoms with E-state index in [4.69, 9.17) is 15.6 Å². The van der Waals surface area contributed by atoms with Crippen molar-refractivity contribution in [2.45, 2.75) is 0 Å². The van der Waals surface area contributed by atoms with Crippen LogP contribution in [0.4, 0.5) is 39.8 Å². The Kier molecular flexibility index (Phi) is 11.3. The lowest BCUT2D eigenvalue weighted by atomic mass is 10.0. The molecule has 8 nitrogen and oxygen atoms in total. The van der Waals surface area contributed by atoms with E-state index in [1.54, 1.807) is 10.9 Å². The molecule has 0 aliphatic heterocycles. The smallest absolute Gasteiger partial charge is 0.113 e. The monoisotopic (exact) mass is 876 g/mol. The van der Waals surface area contributed by atoms with Gasteiger partial charge in [0.2, 0.25) is 0 Å². The van der Waals surface area contributed by atoms with Gasteiger partial charge in [0.15, 0.2) is 0 Å². The highest BCUT2D eigenvalue weighted by Crippen LogP contribution is 2.40. The number of hydrogen-bond acceptors (Lipinski definition) is 7. The second-order valence-corrected chi connectivity index (χ2v) is 16.4. The van der Waals surface area contributed by atoms with Crippen LogP contribution in [0.3, 0.4) is 0 Å². The fourth-order valence-corrected chi connectivity index (χ4v) is 8.46. The van der Waals surface area contributed by atoms with E-state index in [2.05, 4.69) is 202 Å². The first-order valence-electron chi connectivity index (χ1n) is 22.5. The molecule has 0 fully saturated rings. The Labute approximate surface area is 395 Å². The minimum Gasteiger partial charge on any atom is -0.311 e. The molecular formula is C60H44N8. The largest absolute Gasteiger partial charge is 0.311 e. The third-order valence-electron chi connectivity index (χ3n) is 12.0. The van der Waals surface area contributed by atoms with Gasteiger partial charge >= 0.3 is 0 Å². The molecule has 68 heavy (non-hydrogen) atoms. The second kappa shape index (κ2) is 18.6. The number of hydrazone groups is 1. The minimum absolute atomic E-state index is 0.369. The number of allylic oxidation sites excluding steroid dienone is 4. The average Bonchev–Trinajstić information content (AvgIpc) is 3.85. The standard InChI is InChI=1S/C60H44N8/c61-57-15-7-8-16-58(57)63-62-49-27-37-54(38-28-49)66(50-29-19-45(20-30-50)43-11-3-1-4-12-43)51-33-23-47(24-34-51)48-25-35-53(36-26-48)67(52-31-21-46(22-32-52)44-13-5-2-6-14-44)55-39-41-56(42-40-55)68-64-59-17-9-10-18-60(59)65-68/h1-42,61-62H/b61-57?,63-58-. The van der Waals surface area contributed by atoms with Gasteiger partial charge in [0.25, 0.3) is 0 Å². The zero-order chi connectivity index (χ0) is 45.7. The van der Waals surface area contributed by atoms with Crippen molar-refractivity contribution in [3.8, 4) is 39.1 Å². The van der Waals surface area contributed by atoms with E-state index in [1.807, 2.05) is 66.8 Å². The average molecular weight is 877 g/mol. The van der Waals surface area contributed by atoms with Gasteiger partial charge < -0.3 is 9.80 Å². The molecule has 0 atom stereocenters. The molecule has 324 valence electrons. The van der Waals surface area contributed by atoms with Crippen LogP contribution in [0, 0.1) is 5.41 Å². The van der Waals surface area contributed by atoms with E-state index >= 15 is 0 Å². The lowest BCUT2D eigenvalue weighted by molar-refractivity contribution is 0.766. The summed E-state index contributed by atoms with van der Waals surface area (Å²) in [6.07, 6.45) is 7.28. The van der Waals surface area contributed by atoms with Crippen molar-refractivity contribution in [2.75, 3.05) is 15.2 Å². The van der Waals surface area contributed by atoms with Crippen LogP contribution in [-0.2, 0) is 0 Å². The van der Waals surface area contributed by atoms with Gasteiger partial charge in [-0.25, -0.2) is 0 Å². The van der Waals surface area contributed by atoms with Crippen LogP contribution in [0.1, 0.15) is 0 Å². The third-order valence-corrected chi connectivity index (χ3v) is 12.0. The summed E-state index contributed by atoms with van der Waals surface area (Å²) in [5.41, 5.74) is 20.6. The maximum Gasteiger partial charge on any atom is 0.113 e. The summed E-state index contributed by atoms with van der Waals surface area (Å²) in [4.78, 5) is 6.24. The lowest BCUT2D eigenvalue weighted by Crippen LogP contribution is -2.12. The maximum absolute atomic E-state index is 8.17. The number of fused-ring (bicyclic) bond motifs is 1. The Hall–Kier alpha value is -9.40. The Balaban J connectivity index is 0.889. The molecule has 0 saturated carbocycles. The van der Waals surface area contributed by atoms with Crippen molar-refractivity contribution in [1.82, 2.24) is 15.0 Å². The second-order valence-electron chi connectivity index (χ2n) is 16.4. The van der Waals surface area contributed by atoms with Gasteiger partial charge in [0, 0.05) is 34.1 Å². The lowest BCUT2D eigenvalue weighted by Gasteiger charge is -2.26. The van der Waals surface area contributed by atoms with Crippen molar-refractivity contribution in [1.29, 1.82) is 5.41 Å². The molecule has 0 spiro atoms. The Morgan fingerprint density at radius 1 is 0.368 bits per heavy atom. The number of rotatable bonds is 12. The molecule has 11 rings (SSSR count). The number of nitrogens with one attached hydrogen (secondary N) is 2. The van der Waals surface area contributed by atoms with Crippen molar-refractivity contribution in [2.24, 2.45) is 5.10 Å². The van der Waals surface area contributed by atoms with Crippen molar-refractivity contribution in [3.63, 3.8) is 0 Å². The number of benzene rings is 9. The molecule has 2 N–H and O–H groups in total. The number of nitrogens with zero attached hydrogens (tertiary/aromatic N) is 6. The molecule has 1 aromatic heterocycles. The zero-order valence-corrected chi connectivity index (χ0v) is 36.9. The molecule has 8 heteroatoms. The fraction of sp³-hybridized carbons (Fsp3) is 0. The van der Waals surface area contributed by atoms with Gasteiger partial charge in [0.1, 0.15) is 16.7 Å². The van der Waals surface area contributed by atoms with E-state index < -0.39 is 0 Å². The molecule has 10 aromatic rings. The highest BCUT2D eigenvalue weighted by molar-refractivity contribution is 6.50. The van der Waals surface area contributed by atoms with Gasteiger partial charge in [-0.1, -0.05) is 133 Å². The van der Waals surface area contributed by atoms with Gasteiger partial charge in [-0.3, -0.25) is 10.8 Å². The van der Waals surface area contributed by atoms with Gasteiger partial charge in [-0.2, -0.15) is 9.90 Å². The van der Waals surface area contributed by atoms with Gasteiger partial charge in [-0.15, -0.1) is 10.2 Å². The van der Waals surface area contributed by atoms with Crippen LogP contribution in [0.2, 0.25) is 0 Å². The Morgan fingerprint density at radius 2 is 0.706 bits per heavy atom. The predicted molar refractivity (Wildman–Crippen MR) is 282 cm³/mol. The third kappa shape index (κ3) is 8.73. The fourth-order valence-electron chi connectivity index (χ4n) is 8.46. The molecule has 1 aliphatic rings. The molecule has 0 radical (unpaired) electrons. The Morgan fingerprint density at radius 3 is 1.10 bits per heavy atom. The van der Waals surface area contributed by atoms with Crippen LogP contribution >= 0.6 is 0 Å². The molecule has 0 saturated heterocycles. The molecule has 1 aliphatic carbocycles. The summed E-state index contributed by atoms with van der Waals surface area (Å²) in [5.74, 6) is 0. The quantitative estimate of drug-likeness (QED) is 0.0943. The summed E-state index contributed by atoms with van der Waals surface area (Å²) < 4.78 is 0. The van der Waals surface area contributed by atoms with Crippen LogP contribution < -0.4 is 15.2 Å². The van der Waals surface area contributed by atoms with E-state index in [1.165, 1.54) is 11.1 Å². The summed E-state index contributed by atoms with van der Waals surface area (Å²) in [5, 5.41) is 22.1. The van der Waals surface area contributed by atoms with Crippen molar-refractivity contribution >= 4 is 62.3 Å². The van der Waals surface area contributed by atoms with E-state index in [9.17, 15) is 0 Å². The number of anilines is 7. The maximum atomic E-state index is 8.17. The highest BCUT2D eigenvalue weighted by Gasteiger charge is 2.17. The van der Waals surface area contributed by atoms with E-state index in [0.29, 0.717) is 11.4 Å². The Bertz CT molecular complexity index is 3400. The molecule has 9 aromatic carbocycles. The topological polar surface area (TPSA) is 85.4 Å². The van der Waals surface area contributed by atoms with E-state index in [-0.39, 0.29) is 0 Å². The summed E-state index contributed by atoms with van der Waals surface area (Å²) >= 11 is 0. The van der Waals surface area contributed by atoms with Crippen LogP contribution in [0.15, 0.2) is 260 Å². The molecule has 0 bridgehead atoms. The van der Waals surface area contributed by atoms with Crippen molar-refractivity contribution in [3.05, 3.63) is 255 Å². The number of hydrogen-bond donors (Lipinski definition) is 2.